The highest BCUT2D eigenvalue weighted by Gasteiger charge is 2.10. The van der Waals surface area contributed by atoms with Crippen molar-refractivity contribution in [3.8, 4) is 0 Å². The third-order valence-electron chi connectivity index (χ3n) is 2.44. The summed E-state index contributed by atoms with van der Waals surface area (Å²) in [6.45, 7) is 0. The van der Waals surface area contributed by atoms with Crippen LogP contribution in [0.1, 0.15) is 18.4 Å². The predicted molar refractivity (Wildman–Crippen MR) is 67.0 cm³/mol. The Morgan fingerprint density at radius 1 is 1.59 bits per heavy atom. The molecule has 0 saturated heterocycles. The van der Waals surface area contributed by atoms with Gasteiger partial charge in [-0.25, -0.2) is 4.39 Å². The van der Waals surface area contributed by atoms with Crippen LogP contribution in [0.4, 0.5) is 4.39 Å². The van der Waals surface area contributed by atoms with Crippen molar-refractivity contribution in [1.29, 1.82) is 0 Å². The SMILES string of the molecule is COC(=O)CCC(N)Cc1ccc(F)cc1Br. The van der Waals surface area contributed by atoms with Gasteiger partial charge in [0.05, 0.1) is 7.11 Å². The number of esters is 1. The van der Waals surface area contributed by atoms with Crippen molar-refractivity contribution in [2.45, 2.75) is 25.3 Å². The minimum absolute atomic E-state index is 0.143. The van der Waals surface area contributed by atoms with Crippen LogP contribution in [0.25, 0.3) is 0 Å². The van der Waals surface area contributed by atoms with E-state index < -0.39 is 0 Å². The molecule has 0 heterocycles. The van der Waals surface area contributed by atoms with Crippen molar-refractivity contribution in [3.63, 3.8) is 0 Å². The van der Waals surface area contributed by atoms with Crippen LogP contribution < -0.4 is 5.73 Å². The van der Waals surface area contributed by atoms with E-state index in [1.165, 1.54) is 19.2 Å². The number of nitrogens with two attached hydrogens (primary N) is 1. The molecule has 0 aliphatic heterocycles. The quantitative estimate of drug-likeness (QED) is 0.850. The fourth-order valence-corrected chi connectivity index (χ4v) is 1.99. The number of hydrogen-bond donors (Lipinski definition) is 1. The molecule has 0 amide bonds. The van der Waals surface area contributed by atoms with Crippen LogP contribution in [-0.2, 0) is 16.0 Å². The average molecular weight is 304 g/mol. The number of carbonyl (C=O) groups is 1. The van der Waals surface area contributed by atoms with Gasteiger partial charge in [0.25, 0.3) is 0 Å². The molecule has 0 aliphatic carbocycles. The van der Waals surface area contributed by atoms with Crippen LogP contribution in [0.5, 0.6) is 0 Å². The molecule has 0 radical (unpaired) electrons. The lowest BCUT2D eigenvalue weighted by atomic mass is 10.0. The first kappa shape index (κ1) is 14.1. The summed E-state index contributed by atoms with van der Waals surface area (Å²) >= 11 is 3.28. The van der Waals surface area contributed by atoms with Gasteiger partial charge in [0.2, 0.25) is 0 Å². The molecular weight excluding hydrogens is 289 g/mol. The first-order valence-corrected chi connectivity index (χ1v) is 6.08. The molecule has 1 atom stereocenters. The maximum absolute atomic E-state index is 12.9. The molecule has 0 spiro atoms. The number of methoxy groups -OCH3 is 1. The average Bonchev–Trinajstić information content (AvgIpc) is 2.29. The van der Waals surface area contributed by atoms with Gasteiger partial charge >= 0.3 is 5.97 Å². The van der Waals surface area contributed by atoms with E-state index in [4.69, 9.17) is 5.73 Å². The van der Waals surface area contributed by atoms with E-state index in [1.54, 1.807) is 6.07 Å². The molecule has 94 valence electrons. The number of carbonyl (C=O) groups excluding carboxylic acids is 1. The minimum atomic E-state index is -0.288. The maximum Gasteiger partial charge on any atom is 0.305 e. The lowest BCUT2D eigenvalue weighted by Gasteiger charge is -2.12. The number of rotatable bonds is 5. The van der Waals surface area contributed by atoms with Gasteiger partial charge in [-0.3, -0.25) is 4.79 Å². The highest BCUT2D eigenvalue weighted by atomic mass is 79.9. The van der Waals surface area contributed by atoms with Crippen LogP contribution in [0, 0.1) is 5.82 Å². The molecule has 0 aromatic heterocycles. The van der Waals surface area contributed by atoms with E-state index in [0.29, 0.717) is 23.7 Å². The molecule has 0 saturated carbocycles. The Morgan fingerprint density at radius 3 is 2.88 bits per heavy atom. The van der Waals surface area contributed by atoms with Crippen LogP contribution in [0.2, 0.25) is 0 Å². The third kappa shape index (κ3) is 4.83. The van der Waals surface area contributed by atoms with E-state index in [1.807, 2.05) is 0 Å². The zero-order chi connectivity index (χ0) is 12.8. The molecule has 1 rings (SSSR count). The molecule has 5 heteroatoms. The van der Waals surface area contributed by atoms with E-state index in [9.17, 15) is 9.18 Å². The third-order valence-corrected chi connectivity index (χ3v) is 3.18. The van der Waals surface area contributed by atoms with Gasteiger partial charge < -0.3 is 10.5 Å². The zero-order valence-electron chi connectivity index (χ0n) is 9.58. The molecule has 0 bridgehead atoms. The number of hydrogen-bond acceptors (Lipinski definition) is 3. The zero-order valence-corrected chi connectivity index (χ0v) is 11.2. The Hall–Kier alpha value is -0.940. The molecule has 1 aromatic rings. The summed E-state index contributed by atoms with van der Waals surface area (Å²) in [5, 5.41) is 0. The fraction of sp³-hybridized carbons (Fsp3) is 0.417. The maximum atomic E-state index is 12.9. The van der Waals surface area contributed by atoms with Crippen LogP contribution >= 0.6 is 15.9 Å². The van der Waals surface area contributed by atoms with Crippen molar-refractivity contribution in [2.24, 2.45) is 5.73 Å². The lowest BCUT2D eigenvalue weighted by Crippen LogP contribution is -2.24. The molecule has 3 nitrogen and oxygen atoms in total. The molecule has 0 fully saturated rings. The highest BCUT2D eigenvalue weighted by molar-refractivity contribution is 9.10. The van der Waals surface area contributed by atoms with Crippen molar-refractivity contribution in [3.05, 3.63) is 34.1 Å². The number of halogens is 2. The van der Waals surface area contributed by atoms with Crippen LogP contribution in [-0.4, -0.2) is 19.1 Å². The molecule has 1 aromatic carbocycles. The van der Waals surface area contributed by atoms with Gasteiger partial charge in [0.1, 0.15) is 5.82 Å². The van der Waals surface area contributed by atoms with E-state index in [2.05, 4.69) is 20.7 Å². The van der Waals surface area contributed by atoms with Gasteiger partial charge in [0.15, 0.2) is 0 Å². The summed E-state index contributed by atoms with van der Waals surface area (Å²) < 4.78 is 18.1. The van der Waals surface area contributed by atoms with Gasteiger partial charge in [0, 0.05) is 16.9 Å². The monoisotopic (exact) mass is 303 g/mol. The Labute approximate surface area is 108 Å². The smallest absolute Gasteiger partial charge is 0.305 e. The standard InChI is InChI=1S/C12H15BrFNO2/c1-17-12(16)5-4-10(15)6-8-2-3-9(14)7-11(8)13/h2-3,7,10H,4-6,15H2,1H3. The molecule has 17 heavy (non-hydrogen) atoms. The van der Waals surface area contributed by atoms with Crippen molar-refractivity contribution in [2.75, 3.05) is 7.11 Å². The second-order valence-corrected chi connectivity index (χ2v) is 4.67. The van der Waals surface area contributed by atoms with Crippen LogP contribution in [0.3, 0.4) is 0 Å². The second-order valence-electron chi connectivity index (χ2n) is 3.81. The highest BCUT2D eigenvalue weighted by Crippen LogP contribution is 2.20. The van der Waals surface area contributed by atoms with E-state index in [-0.39, 0.29) is 17.8 Å². The summed E-state index contributed by atoms with van der Waals surface area (Å²) in [5.74, 6) is -0.553. The normalized spacial score (nSPS) is 12.2. The summed E-state index contributed by atoms with van der Waals surface area (Å²) in [6.07, 6.45) is 1.45. The largest absolute Gasteiger partial charge is 0.469 e. The Kier molecular flexibility index (Phi) is 5.58. The Bertz CT molecular complexity index is 398. The van der Waals surface area contributed by atoms with Crippen molar-refractivity contribution >= 4 is 21.9 Å². The summed E-state index contributed by atoms with van der Waals surface area (Å²) in [5.41, 5.74) is 6.83. The Balaban J connectivity index is 2.50. The van der Waals surface area contributed by atoms with E-state index >= 15 is 0 Å². The number of ether oxygens (including phenoxy) is 1. The fourth-order valence-electron chi connectivity index (χ4n) is 1.48. The van der Waals surface area contributed by atoms with Gasteiger partial charge in [-0.2, -0.15) is 0 Å². The van der Waals surface area contributed by atoms with Crippen molar-refractivity contribution in [1.82, 2.24) is 0 Å². The molecule has 1 unspecified atom stereocenters. The molecular formula is C12H15BrFNO2. The minimum Gasteiger partial charge on any atom is -0.469 e. The number of benzene rings is 1. The molecule has 0 aliphatic rings. The van der Waals surface area contributed by atoms with Gasteiger partial charge in [-0.05, 0) is 30.5 Å². The summed E-state index contributed by atoms with van der Waals surface area (Å²) in [7, 11) is 1.35. The first-order valence-electron chi connectivity index (χ1n) is 5.29. The van der Waals surface area contributed by atoms with Gasteiger partial charge in [-0.1, -0.05) is 22.0 Å². The first-order chi connectivity index (χ1) is 8.02. The molecule has 2 N–H and O–H groups in total. The lowest BCUT2D eigenvalue weighted by molar-refractivity contribution is -0.140. The van der Waals surface area contributed by atoms with Crippen molar-refractivity contribution < 1.29 is 13.9 Å². The van der Waals surface area contributed by atoms with Gasteiger partial charge in [-0.15, -0.1) is 0 Å². The summed E-state index contributed by atoms with van der Waals surface area (Å²) in [4.78, 5) is 10.9. The topological polar surface area (TPSA) is 52.3 Å². The summed E-state index contributed by atoms with van der Waals surface area (Å²) in [6, 6.07) is 4.35. The van der Waals surface area contributed by atoms with Crippen LogP contribution in [0.15, 0.2) is 22.7 Å². The second kappa shape index (κ2) is 6.71. The predicted octanol–water partition coefficient (Wildman–Crippen LogP) is 2.41. The van der Waals surface area contributed by atoms with E-state index in [0.717, 1.165) is 5.56 Å². The Morgan fingerprint density at radius 2 is 2.29 bits per heavy atom.